The quantitative estimate of drug-likeness (QED) is 0.0682. The third-order valence-electron chi connectivity index (χ3n) is 8.78. The van der Waals surface area contributed by atoms with Crippen molar-refractivity contribution in [2.24, 2.45) is 0 Å². The summed E-state index contributed by atoms with van der Waals surface area (Å²) in [4.78, 5) is 58.5. The monoisotopic (exact) mass is 716 g/mol. The van der Waals surface area contributed by atoms with Crippen LogP contribution in [0.4, 0.5) is 0 Å². The Labute approximate surface area is 299 Å². The summed E-state index contributed by atoms with van der Waals surface area (Å²) in [5.74, 6) is -1.21. The maximum atomic E-state index is 12.7. The van der Waals surface area contributed by atoms with E-state index in [1.165, 1.54) is 0 Å². The molecule has 2 rings (SSSR count). The molecule has 0 radical (unpaired) electrons. The molecule has 2 aliphatic rings. The number of carbonyl (C=O) groups excluding carboxylic acids is 4. The maximum Gasteiger partial charge on any atom is 0.307 e. The van der Waals surface area contributed by atoms with Crippen molar-refractivity contribution in [3.63, 3.8) is 0 Å². The molecule has 2 heterocycles. The van der Waals surface area contributed by atoms with Crippen LogP contribution >= 0.6 is 0 Å². The second kappa shape index (κ2) is 27.3. The summed E-state index contributed by atoms with van der Waals surface area (Å²) in [7, 11) is 1.55. The van der Waals surface area contributed by atoms with Crippen molar-refractivity contribution in [2.75, 3.05) is 132 Å². The fourth-order valence-electron chi connectivity index (χ4n) is 5.31. The molecule has 0 aromatic heterocycles. The average molecular weight is 717 g/mol. The molecule has 290 valence electrons. The summed E-state index contributed by atoms with van der Waals surface area (Å²) in [6.07, 6.45) is 1.46. The topological polar surface area (TPSA) is 146 Å². The van der Waals surface area contributed by atoms with Gasteiger partial charge in [-0.05, 0) is 20.3 Å². The molecular formula is C35H64N4O11. The number of morpholine rings is 2. The Bertz CT molecular complexity index is 948. The molecule has 0 aromatic rings. The van der Waals surface area contributed by atoms with E-state index in [0.29, 0.717) is 72.2 Å². The van der Waals surface area contributed by atoms with Crippen molar-refractivity contribution in [1.82, 2.24) is 19.6 Å². The SMILES string of the molecule is CCC(C)OC(=O)CCN(CCC(=O)OCCC(C)OC(=O)CCN(CCC(=O)OCCOC)CCN1CCOCC1)CCN1CCOCC1. The smallest absolute Gasteiger partial charge is 0.307 e. The van der Waals surface area contributed by atoms with E-state index in [4.69, 9.17) is 33.2 Å². The Hall–Kier alpha value is -2.40. The highest BCUT2D eigenvalue weighted by Gasteiger charge is 2.19. The van der Waals surface area contributed by atoms with E-state index in [1.54, 1.807) is 14.0 Å². The largest absolute Gasteiger partial charge is 0.465 e. The Morgan fingerprint density at radius 3 is 1.46 bits per heavy atom. The van der Waals surface area contributed by atoms with Crippen LogP contribution in [-0.4, -0.2) is 188 Å². The van der Waals surface area contributed by atoms with Crippen molar-refractivity contribution in [3.8, 4) is 0 Å². The lowest BCUT2D eigenvalue weighted by Crippen LogP contribution is -2.42. The van der Waals surface area contributed by atoms with Crippen LogP contribution in [0.25, 0.3) is 0 Å². The van der Waals surface area contributed by atoms with Crippen LogP contribution in [0.2, 0.25) is 0 Å². The highest BCUT2D eigenvalue weighted by atomic mass is 16.6. The first-order chi connectivity index (χ1) is 24.2. The molecule has 0 aromatic carbocycles. The molecular weight excluding hydrogens is 652 g/mol. The van der Waals surface area contributed by atoms with Crippen molar-refractivity contribution in [2.45, 2.75) is 71.5 Å². The number of carbonyl (C=O) groups is 4. The lowest BCUT2D eigenvalue weighted by atomic mass is 10.3. The average Bonchev–Trinajstić information content (AvgIpc) is 3.11. The fraction of sp³-hybridized carbons (Fsp3) is 0.886. The maximum absolute atomic E-state index is 12.7. The number of hydrogen-bond donors (Lipinski definition) is 0. The first-order valence-corrected chi connectivity index (χ1v) is 18.4. The Morgan fingerprint density at radius 1 is 0.600 bits per heavy atom. The molecule has 50 heavy (non-hydrogen) atoms. The van der Waals surface area contributed by atoms with Crippen LogP contribution in [0.3, 0.4) is 0 Å². The molecule has 2 fully saturated rings. The lowest BCUT2D eigenvalue weighted by Gasteiger charge is -2.30. The highest BCUT2D eigenvalue weighted by Crippen LogP contribution is 2.07. The summed E-state index contributed by atoms with van der Waals surface area (Å²) in [5, 5.41) is 0. The number of ether oxygens (including phenoxy) is 7. The zero-order valence-corrected chi connectivity index (χ0v) is 31.1. The predicted molar refractivity (Wildman–Crippen MR) is 186 cm³/mol. The van der Waals surface area contributed by atoms with Gasteiger partial charge in [-0.1, -0.05) is 6.92 Å². The molecule has 2 unspecified atom stereocenters. The van der Waals surface area contributed by atoms with Crippen molar-refractivity contribution >= 4 is 23.9 Å². The molecule has 0 N–H and O–H groups in total. The van der Waals surface area contributed by atoms with Gasteiger partial charge in [0, 0.05) is 92.1 Å². The number of hydrogen-bond acceptors (Lipinski definition) is 15. The lowest BCUT2D eigenvalue weighted by molar-refractivity contribution is -0.151. The predicted octanol–water partition coefficient (Wildman–Crippen LogP) is 1.21. The second-order valence-corrected chi connectivity index (χ2v) is 12.8. The highest BCUT2D eigenvalue weighted by molar-refractivity contribution is 5.71. The Kier molecular flexibility index (Phi) is 23.9. The molecule has 2 aliphatic heterocycles. The minimum absolute atomic E-state index is 0.116. The summed E-state index contributed by atoms with van der Waals surface area (Å²) in [6.45, 7) is 17.6. The number of esters is 4. The van der Waals surface area contributed by atoms with E-state index < -0.39 is 6.10 Å². The third-order valence-corrected chi connectivity index (χ3v) is 8.78. The molecule has 15 heteroatoms. The summed E-state index contributed by atoms with van der Waals surface area (Å²) < 4.78 is 37.5. The van der Waals surface area contributed by atoms with Gasteiger partial charge >= 0.3 is 23.9 Å². The van der Waals surface area contributed by atoms with Crippen molar-refractivity contribution < 1.29 is 52.3 Å². The summed E-state index contributed by atoms with van der Waals surface area (Å²) in [5.41, 5.74) is 0. The van der Waals surface area contributed by atoms with Crippen LogP contribution in [0.1, 0.15) is 59.3 Å². The van der Waals surface area contributed by atoms with E-state index in [0.717, 1.165) is 52.2 Å². The zero-order chi connectivity index (χ0) is 36.4. The van der Waals surface area contributed by atoms with Crippen LogP contribution in [0, 0.1) is 0 Å². The first-order valence-electron chi connectivity index (χ1n) is 18.4. The molecule has 0 spiro atoms. The van der Waals surface area contributed by atoms with E-state index >= 15 is 0 Å². The van der Waals surface area contributed by atoms with Gasteiger partial charge < -0.3 is 43.0 Å². The van der Waals surface area contributed by atoms with E-state index in [-0.39, 0.29) is 68.9 Å². The Balaban J connectivity index is 1.71. The molecule has 15 nitrogen and oxygen atoms in total. The van der Waals surface area contributed by atoms with Crippen LogP contribution in [0.15, 0.2) is 0 Å². The number of nitrogens with zero attached hydrogens (tertiary/aromatic N) is 4. The number of rotatable bonds is 27. The van der Waals surface area contributed by atoms with Gasteiger partial charge in [0.1, 0.15) is 12.7 Å². The minimum Gasteiger partial charge on any atom is -0.465 e. The summed E-state index contributed by atoms with van der Waals surface area (Å²) in [6, 6.07) is 0. The molecule has 0 saturated carbocycles. The van der Waals surface area contributed by atoms with E-state index in [2.05, 4.69) is 19.6 Å². The second-order valence-electron chi connectivity index (χ2n) is 12.8. The van der Waals surface area contributed by atoms with Crippen LogP contribution < -0.4 is 0 Å². The van der Waals surface area contributed by atoms with E-state index in [9.17, 15) is 19.2 Å². The van der Waals surface area contributed by atoms with Crippen LogP contribution in [0.5, 0.6) is 0 Å². The normalized spacial score (nSPS) is 17.0. The van der Waals surface area contributed by atoms with Crippen molar-refractivity contribution in [3.05, 3.63) is 0 Å². The molecule has 2 atom stereocenters. The van der Waals surface area contributed by atoms with Gasteiger partial charge in [-0.25, -0.2) is 0 Å². The number of methoxy groups -OCH3 is 1. The molecule has 0 amide bonds. The minimum atomic E-state index is -0.422. The molecule has 2 saturated heterocycles. The molecule has 0 aliphatic carbocycles. The third kappa shape index (κ3) is 21.7. The zero-order valence-electron chi connectivity index (χ0n) is 31.1. The fourth-order valence-corrected chi connectivity index (χ4v) is 5.31. The van der Waals surface area contributed by atoms with Gasteiger partial charge in [-0.3, -0.25) is 29.0 Å². The van der Waals surface area contributed by atoms with Gasteiger partial charge in [-0.15, -0.1) is 0 Å². The standard InChI is InChI=1S/C35H64N4O11/c1-5-30(2)49-34(42)8-13-36(15-17-38-19-24-45-25-20-38)11-6-32(40)47-23-10-31(3)50-35(43)9-14-37(12-7-33(41)48-29-28-44-4)16-18-39-21-26-46-27-22-39/h30-31H,5-29H2,1-4H3. The summed E-state index contributed by atoms with van der Waals surface area (Å²) >= 11 is 0. The van der Waals surface area contributed by atoms with Gasteiger partial charge in [0.2, 0.25) is 0 Å². The van der Waals surface area contributed by atoms with Gasteiger partial charge in [0.15, 0.2) is 0 Å². The van der Waals surface area contributed by atoms with Crippen LogP contribution in [-0.2, 0) is 52.3 Å². The van der Waals surface area contributed by atoms with E-state index in [1.807, 2.05) is 13.8 Å². The first kappa shape index (κ1) is 43.8. The van der Waals surface area contributed by atoms with Gasteiger partial charge in [0.05, 0.1) is 71.4 Å². The van der Waals surface area contributed by atoms with Crippen molar-refractivity contribution in [1.29, 1.82) is 0 Å². The van der Waals surface area contributed by atoms with Gasteiger partial charge in [0.25, 0.3) is 0 Å². The Morgan fingerprint density at radius 2 is 1.02 bits per heavy atom. The van der Waals surface area contributed by atoms with Gasteiger partial charge in [-0.2, -0.15) is 0 Å². The molecule has 0 bridgehead atoms.